The Labute approximate surface area is 135 Å². The van der Waals surface area contributed by atoms with Gasteiger partial charge in [0.2, 0.25) is 0 Å². The average molecular weight is 346 g/mol. The first kappa shape index (κ1) is 18.7. The van der Waals surface area contributed by atoms with E-state index in [1.165, 1.54) is 0 Å². The molecule has 3 saturated heterocycles. The molecule has 3 heterocycles. The smallest absolute Gasteiger partial charge is 0.294 e. The van der Waals surface area contributed by atoms with Gasteiger partial charge in [-0.05, 0) is 7.05 Å². The third kappa shape index (κ3) is 3.88. The first-order chi connectivity index (χ1) is 9.15. The van der Waals surface area contributed by atoms with Crippen LogP contribution in [0.15, 0.2) is 0 Å². The van der Waals surface area contributed by atoms with Crippen LogP contribution in [-0.4, -0.2) is 85.7 Å². The quantitative estimate of drug-likeness (QED) is 0.518. The SMILES string of the molecule is CN1CCN([C@H]2CO[C@H]3[C@@H]2OC[C@@H]3O[N+](=O)[O-])CC1.Cl.Cl. The van der Waals surface area contributed by atoms with Crippen molar-refractivity contribution in [3.05, 3.63) is 10.1 Å². The van der Waals surface area contributed by atoms with Crippen molar-refractivity contribution in [3.8, 4) is 0 Å². The summed E-state index contributed by atoms with van der Waals surface area (Å²) in [5.41, 5.74) is 0. The molecular weight excluding hydrogens is 325 g/mol. The zero-order valence-electron chi connectivity index (χ0n) is 11.8. The molecule has 0 saturated carbocycles. The van der Waals surface area contributed by atoms with Crippen molar-refractivity contribution >= 4 is 24.8 Å². The molecule has 0 bridgehead atoms. The number of hydrogen-bond donors (Lipinski definition) is 0. The molecule has 0 aromatic rings. The first-order valence-electron chi connectivity index (χ1n) is 6.62. The highest BCUT2D eigenvalue weighted by atomic mass is 35.5. The molecule has 21 heavy (non-hydrogen) atoms. The predicted molar refractivity (Wildman–Crippen MR) is 78.7 cm³/mol. The zero-order chi connectivity index (χ0) is 13.4. The number of hydrogen-bond acceptors (Lipinski definition) is 7. The molecule has 3 fully saturated rings. The van der Waals surface area contributed by atoms with Crippen LogP contribution >= 0.6 is 24.8 Å². The van der Waals surface area contributed by atoms with Crippen LogP contribution < -0.4 is 0 Å². The van der Waals surface area contributed by atoms with Gasteiger partial charge in [-0.25, -0.2) is 0 Å². The first-order valence-corrected chi connectivity index (χ1v) is 6.62. The maximum Gasteiger partial charge on any atom is 0.294 e. The summed E-state index contributed by atoms with van der Waals surface area (Å²) in [6.07, 6.45) is -0.999. The van der Waals surface area contributed by atoms with Gasteiger partial charge in [0.25, 0.3) is 5.09 Å². The van der Waals surface area contributed by atoms with Gasteiger partial charge in [0.1, 0.15) is 12.2 Å². The Hall–Kier alpha value is -0.380. The van der Waals surface area contributed by atoms with Crippen molar-refractivity contribution in [2.45, 2.75) is 24.4 Å². The van der Waals surface area contributed by atoms with E-state index in [9.17, 15) is 10.1 Å². The zero-order valence-corrected chi connectivity index (χ0v) is 13.4. The van der Waals surface area contributed by atoms with Crippen molar-refractivity contribution in [1.29, 1.82) is 0 Å². The molecule has 3 aliphatic heterocycles. The van der Waals surface area contributed by atoms with Gasteiger partial charge in [-0.1, -0.05) is 0 Å². The van der Waals surface area contributed by atoms with E-state index in [0.717, 1.165) is 26.2 Å². The van der Waals surface area contributed by atoms with Crippen molar-refractivity contribution in [2.75, 3.05) is 46.4 Å². The molecule has 0 aliphatic carbocycles. The lowest BCUT2D eigenvalue weighted by atomic mass is 10.1. The van der Waals surface area contributed by atoms with Crippen molar-refractivity contribution in [1.82, 2.24) is 9.80 Å². The van der Waals surface area contributed by atoms with E-state index in [0.29, 0.717) is 6.61 Å². The minimum atomic E-state index is -0.761. The summed E-state index contributed by atoms with van der Waals surface area (Å²) < 4.78 is 11.3. The highest BCUT2D eigenvalue weighted by Crippen LogP contribution is 2.31. The van der Waals surface area contributed by atoms with Crippen LogP contribution in [0.2, 0.25) is 0 Å². The van der Waals surface area contributed by atoms with Gasteiger partial charge in [-0.15, -0.1) is 34.9 Å². The van der Waals surface area contributed by atoms with Gasteiger partial charge in [0, 0.05) is 26.2 Å². The van der Waals surface area contributed by atoms with Crippen LogP contribution in [0.25, 0.3) is 0 Å². The molecule has 0 aromatic carbocycles. The molecule has 0 aromatic heterocycles. The molecule has 124 valence electrons. The number of likely N-dealkylation sites (N-methyl/N-ethyl adjacent to an activating group) is 1. The van der Waals surface area contributed by atoms with Crippen LogP contribution in [0.4, 0.5) is 0 Å². The molecule has 0 spiro atoms. The van der Waals surface area contributed by atoms with E-state index in [2.05, 4.69) is 21.7 Å². The Morgan fingerprint density at radius 2 is 1.71 bits per heavy atom. The minimum Gasteiger partial charge on any atom is -0.371 e. The summed E-state index contributed by atoms with van der Waals surface area (Å²) in [6.45, 7) is 4.83. The molecule has 0 N–H and O–H groups in total. The van der Waals surface area contributed by atoms with Crippen molar-refractivity contribution in [2.24, 2.45) is 0 Å². The standard InChI is InChI=1S/C11H19N3O5.2ClH/c1-12-2-4-13(5-3-12)8-6-17-11-9(19-14(15)16)7-18-10(8)11;;/h8-11H,2-7H2,1H3;2*1H/t8-,9-,10+,11+;;/m0../s1. The summed E-state index contributed by atoms with van der Waals surface area (Å²) in [5.74, 6) is 0. The summed E-state index contributed by atoms with van der Waals surface area (Å²) in [5, 5.41) is 9.66. The summed E-state index contributed by atoms with van der Waals surface area (Å²) in [4.78, 5) is 19.7. The number of piperazine rings is 1. The number of rotatable bonds is 3. The third-order valence-corrected chi connectivity index (χ3v) is 4.21. The van der Waals surface area contributed by atoms with E-state index in [1.54, 1.807) is 0 Å². The lowest BCUT2D eigenvalue weighted by molar-refractivity contribution is -0.769. The van der Waals surface area contributed by atoms with E-state index in [-0.39, 0.29) is 49.7 Å². The lowest BCUT2D eigenvalue weighted by Crippen LogP contribution is -2.53. The van der Waals surface area contributed by atoms with E-state index in [4.69, 9.17) is 9.47 Å². The predicted octanol–water partition coefficient (Wildman–Crippen LogP) is -0.179. The molecular formula is C11H21Cl2N3O5. The Morgan fingerprint density at radius 3 is 2.33 bits per heavy atom. The average Bonchev–Trinajstić information content (AvgIpc) is 2.93. The second-order valence-electron chi connectivity index (χ2n) is 5.37. The highest BCUT2D eigenvalue weighted by molar-refractivity contribution is 5.85. The number of fused-ring (bicyclic) bond motifs is 1. The maximum atomic E-state index is 10.4. The highest BCUT2D eigenvalue weighted by Gasteiger charge is 2.51. The van der Waals surface area contributed by atoms with Crippen LogP contribution in [0.3, 0.4) is 0 Å². The molecule has 8 nitrogen and oxygen atoms in total. The Bertz CT molecular complexity index is 357. The molecule has 3 rings (SSSR count). The maximum absolute atomic E-state index is 10.4. The van der Waals surface area contributed by atoms with Gasteiger partial charge in [0.15, 0.2) is 6.10 Å². The van der Waals surface area contributed by atoms with Gasteiger partial charge in [-0.2, -0.15) is 0 Å². The van der Waals surface area contributed by atoms with Crippen LogP contribution in [0.1, 0.15) is 0 Å². The lowest BCUT2D eigenvalue weighted by Gasteiger charge is -2.37. The normalized spacial score (nSPS) is 36.4. The fourth-order valence-corrected chi connectivity index (χ4v) is 3.11. The number of halogens is 2. The Balaban J connectivity index is 0.00000110. The van der Waals surface area contributed by atoms with Crippen molar-refractivity contribution < 1.29 is 19.4 Å². The fraction of sp³-hybridized carbons (Fsp3) is 1.00. The molecule has 0 amide bonds. The molecule has 0 unspecified atom stereocenters. The topological polar surface area (TPSA) is 77.3 Å². The van der Waals surface area contributed by atoms with E-state index < -0.39 is 11.2 Å². The van der Waals surface area contributed by atoms with E-state index in [1.807, 2.05) is 0 Å². The van der Waals surface area contributed by atoms with Gasteiger partial charge in [0.05, 0.1) is 19.3 Å². The molecule has 4 atom stereocenters. The van der Waals surface area contributed by atoms with E-state index >= 15 is 0 Å². The Kier molecular flexibility index (Phi) is 6.89. The van der Waals surface area contributed by atoms with Crippen molar-refractivity contribution in [3.63, 3.8) is 0 Å². The van der Waals surface area contributed by atoms with Gasteiger partial charge in [-0.3, -0.25) is 4.90 Å². The van der Waals surface area contributed by atoms with Gasteiger partial charge >= 0.3 is 0 Å². The second kappa shape index (κ2) is 7.75. The molecule has 3 aliphatic rings. The number of ether oxygens (including phenoxy) is 2. The monoisotopic (exact) mass is 345 g/mol. The molecule has 0 radical (unpaired) electrons. The second-order valence-corrected chi connectivity index (χ2v) is 5.37. The van der Waals surface area contributed by atoms with Crippen LogP contribution in [-0.2, 0) is 14.3 Å². The summed E-state index contributed by atoms with van der Waals surface area (Å²) >= 11 is 0. The fourth-order valence-electron chi connectivity index (χ4n) is 3.11. The van der Waals surface area contributed by atoms with Crippen LogP contribution in [0, 0.1) is 10.1 Å². The minimum absolute atomic E-state index is 0. The number of nitrogens with zero attached hydrogens (tertiary/aromatic N) is 3. The van der Waals surface area contributed by atoms with Gasteiger partial charge < -0.3 is 19.2 Å². The summed E-state index contributed by atoms with van der Waals surface area (Å²) in [7, 11) is 2.11. The molecule has 10 heteroatoms. The third-order valence-electron chi connectivity index (χ3n) is 4.21. The van der Waals surface area contributed by atoms with Crippen LogP contribution in [0.5, 0.6) is 0 Å². The Morgan fingerprint density at radius 1 is 1.10 bits per heavy atom. The summed E-state index contributed by atoms with van der Waals surface area (Å²) in [6, 6.07) is 0.194. The largest absolute Gasteiger partial charge is 0.371 e.